The highest BCUT2D eigenvalue weighted by molar-refractivity contribution is 5.99. The minimum absolute atomic E-state index is 0.122. The first kappa shape index (κ1) is 17.5. The molecule has 6 heteroatoms. The third kappa shape index (κ3) is 4.03. The Morgan fingerprint density at radius 3 is 2.73 bits per heavy atom. The zero-order chi connectivity index (χ0) is 18.5. The van der Waals surface area contributed by atoms with E-state index in [1.165, 1.54) is 25.4 Å². The first-order valence-corrected chi connectivity index (χ1v) is 8.05. The Balaban J connectivity index is 1.80. The van der Waals surface area contributed by atoms with Crippen molar-refractivity contribution in [3.8, 4) is 0 Å². The monoisotopic (exact) mass is 352 g/mol. The van der Waals surface area contributed by atoms with Crippen LogP contribution in [-0.4, -0.2) is 30.0 Å². The number of methoxy groups -OCH3 is 1. The summed E-state index contributed by atoms with van der Waals surface area (Å²) < 4.78 is 18.1. The Morgan fingerprint density at radius 2 is 1.96 bits per heavy atom. The molecular formula is C20H17FN2O3. The van der Waals surface area contributed by atoms with Gasteiger partial charge in [-0.1, -0.05) is 30.3 Å². The number of hydrogen-bond acceptors (Lipinski definition) is 4. The zero-order valence-corrected chi connectivity index (χ0v) is 14.1. The van der Waals surface area contributed by atoms with Crippen molar-refractivity contribution in [2.45, 2.75) is 12.5 Å². The van der Waals surface area contributed by atoms with Crippen LogP contribution in [0.15, 0.2) is 60.8 Å². The van der Waals surface area contributed by atoms with Crippen LogP contribution in [0.3, 0.4) is 0 Å². The Labute approximate surface area is 149 Å². The molecule has 0 aliphatic rings. The van der Waals surface area contributed by atoms with Crippen molar-refractivity contribution < 1.29 is 18.7 Å². The Hall–Kier alpha value is -3.28. The maximum Gasteiger partial charge on any atom is 0.328 e. The number of esters is 1. The first-order chi connectivity index (χ1) is 12.6. The zero-order valence-electron chi connectivity index (χ0n) is 14.1. The third-order valence-corrected chi connectivity index (χ3v) is 3.97. The number of fused-ring (bicyclic) bond motifs is 1. The number of ether oxygens (including phenoxy) is 1. The highest BCUT2D eigenvalue weighted by atomic mass is 19.1. The summed E-state index contributed by atoms with van der Waals surface area (Å²) in [6, 6.07) is 14.1. The maximum atomic E-state index is 13.4. The van der Waals surface area contributed by atoms with Gasteiger partial charge in [0.15, 0.2) is 0 Å². The van der Waals surface area contributed by atoms with Crippen LogP contribution in [0.1, 0.15) is 15.9 Å². The Kier molecular flexibility index (Phi) is 5.22. The molecule has 5 nitrogen and oxygen atoms in total. The van der Waals surface area contributed by atoms with E-state index in [9.17, 15) is 14.0 Å². The molecular weight excluding hydrogens is 335 g/mol. The molecule has 0 saturated carbocycles. The minimum Gasteiger partial charge on any atom is -0.467 e. The van der Waals surface area contributed by atoms with Gasteiger partial charge in [-0.2, -0.15) is 0 Å². The maximum absolute atomic E-state index is 13.4. The smallest absolute Gasteiger partial charge is 0.328 e. The van der Waals surface area contributed by atoms with Crippen LogP contribution in [-0.2, 0) is 16.0 Å². The van der Waals surface area contributed by atoms with Crippen molar-refractivity contribution in [1.82, 2.24) is 10.3 Å². The van der Waals surface area contributed by atoms with Crippen LogP contribution < -0.4 is 5.32 Å². The van der Waals surface area contributed by atoms with Gasteiger partial charge in [-0.15, -0.1) is 0 Å². The van der Waals surface area contributed by atoms with Gasteiger partial charge in [-0.05, 0) is 29.8 Å². The topological polar surface area (TPSA) is 68.3 Å². The van der Waals surface area contributed by atoms with Gasteiger partial charge in [0.2, 0.25) is 0 Å². The average molecular weight is 352 g/mol. The summed E-state index contributed by atoms with van der Waals surface area (Å²) in [5.41, 5.74) is 1.68. The summed E-state index contributed by atoms with van der Waals surface area (Å²) in [6.07, 6.45) is 1.57. The molecule has 26 heavy (non-hydrogen) atoms. The number of rotatable bonds is 5. The van der Waals surface area contributed by atoms with Crippen LogP contribution in [0.2, 0.25) is 0 Å². The largest absolute Gasteiger partial charge is 0.467 e. The van der Waals surface area contributed by atoms with Gasteiger partial charge in [0, 0.05) is 18.0 Å². The molecule has 1 aromatic heterocycles. The standard InChI is InChI=1S/C20H17FN2O3/c1-26-20(25)18(10-13-5-4-7-16(21)9-13)23-19(24)15-11-14-6-2-3-8-17(14)22-12-15/h2-9,11-12,18H,10H2,1H3,(H,23,24)/t18-/m0/s1. The summed E-state index contributed by atoms with van der Waals surface area (Å²) >= 11 is 0. The van der Waals surface area contributed by atoms with Gasteiger partial charge in [0.25, 0.3) is 5.91 Å². The van der Waals surface area contributed by atoms with Crippen LogP contribution in [0.4, 0.5) is 4.39 Å². The second-order valence-corrected chi connectivity index (χ2v) is 5.80. The quantitative estimate of drug-likeness (QED) is 0.717. The summed E-state index contributed by atoms with van der Waals surface area (Å²) in [4.78, 5) is 28.8. The molecule has 1 atom stereocenters. The van der Waals surface area contributed by atoms with Gasteiger partial charge in [0.1, 0.15) is 11.9 Å². The predicted molar refractivity (Wildman–Crippen MR) is 95.1 cm³/mol. The molecule has 0 radical (unpaired) electrons. The lowest BCUT2D eigenvalue weighted by Gasteiger charge is -2.17. The fourth-order valence-electron chi connectivity index (χ4n) is 2.67. The van der Waals surface area contributed by atoms with E-state index in [0.717, 1.165) is 10.9 Å². The number of para-hydroxylation sites is 1. The van der Waals surface area contributed by atoms with Gasteiger partial charge in [-0.25, -0.2) is 9.18 Å². The predicted octanol–water partition coefficient (Wildman–Crippen LogP) is 2.89. The lowest BCUT2D eigenvalue weighted by atomic mass is 10.1. The van der Waals surface area contributed by atoms with E-state index in [4.69, 9.17) is 4.74 Å². The van der Waals surface area contributed by atoms with E-state index in [2.05, 4.69) is 10.3 Å². The molecule has 0 aliphatic heterocycles. The molecule has 0 spiro atoms. The van der Waals surface area contributed by atoms with Crippen LogP contribution in [0.5, 0.6) is 0 Å². The molecule has 0 aliphatic carbocycles. The van der Waals surface area contributed by atoms with Crippen LogP contribution in [0, 0.1) is 5.82 Å². The van der Waals surface area contributed by atoms with Gasteiger partial charge < -0.3 is 10.1 Å². The second-order valence-electron chi connectivity index (χ2n) is 5.80. The first-order valence-electron chi connectivity index (χ1n) is 8.05. The van der Waals surface area contributed by atoms with E-state index in [0.29, 0.717) is 11.1 Å². The van der Waals surface area contributed by atoms with E-state index in [1.807, 2.05) is 24.3 Å². The number of nitrogens with one attached hydrogen (secondary N) is 1. The molecule has 1 heterocycles. The highest BCUT2D eigenvalue weighted by Crippen LogP contribution is 2.13. The molecule has 2 aromatic carbocycles. The summed E-state index contributed by atoms with van der Waals surface area (Å²) in [5, 5.41) is 3.46. The van der Waals surface area contributed by atoms with Crippen molar-refractivity contribution in [2.75, 3.05) is 7.11 Å². The van der Waals surface area contributed by atoms with E-state index >= 15 is 0 Å². The number of carbonyl (C=O) groups excluding carboxylic acids is 2. The molecule has 0 saturated heterocycles. The Morgan fingerprint density at radius 1 is 1.15 bits per heavy atom. The van der Waals surface area contributed by atoms with Crippen molar-refractivity contribution in [3.63, 3.8) is 0 Å². The number of halogens is 1. The van der Waals surface area contributed by atoms with Gasteiger partial charge >= 0.3 is 5.97 Å². The van der Waals surface area contributed by atoms with Crippen molar-refractivity contribution in [2.24, 2.45) is 0 Å². The van der Waals surface area contributed by atoms with Crippen molar-refractivity contribution in [1.29, 1.82) is 0 Å². The third-order valence-electron chi connectivity index (χ3n) is 3.97. The minimum atomic E-state index is -0.930. The van der Waals surface area contributed by atoms with Gasteiger partial charge in [-0.3, -0.25) is 9.78 Å². The number of nitrogens with zero attached hydrogens (tertiary/aromatic N) is 1. The fraction of sp³-hybridized carbons (Fsp3) is 0.150. The number of aromatic nitrogens is 1. The molecule has 3 aromatic rings. The number of pyridine rings is 1. The Bertz CT molecular complexity index is 958. The SMILES string of the molecule is COC(=O)[C@H](Cc1cccc(F)c1)NC(=O)c1cnc2ccccc2c1. The van der Waals surface area contributed by atoms with Crippen LogP contribution in [0.25, 0.3) is 10.9 Å². The summed E-state index contributed by atoms with van der Waals surface area (Å²) in [5.74, 6) is -1.46. The number of benzene rings is 2. The number of hydrogen-bond donors (Lipinski definition) is 1. The van der Waals surface area contributed by atoms with Crippen molar-refractivity contribution in [3.05, 3.63) is 77.7 Å². The number of amides is 1. The lowest BCUT2D eigenvalue weighted by molar-refractivity contribution is -0.142. The normalized spacial score (nSPS) is 11.8. The molecule has 0 fully saturated rings. The van der Waals surface area contributed by atoms with Crippen LogP contribution >= 0.6 is 0 Å². The fourth-order valence-corrected chi connectivity index (χ4v) is 2.67. The van der Waals surface area contributed by atoms with E-state index < -0.39 is 23.7 Å². The van der Waals surface area contributed by atoms with E-state index in [1.54, 1.807) is 18.2 Å². The molecule has 132 valence electrons. The molecule has 0 unspecified atom stereocenters. The molecule has 0 bridgehead atoms. The molecule has 1 N–H and O–H groups in total. The highest BCUT2D eigenvalue weighted by Gasteiger charge is 2.23. The average Bonchev–Trinajstić information content (AvgIpc) is 2.66. The van der Waals surface area contributed by atoms with Gasteiger partial charge in [0.05, 0.1) is 18.2 Å². The van der Waals surface area contributed by atoms with Crippen molar-refractivity contribution >= 4 is 22.8 Å². The summed E-state index contributed by atoms with van der Waals surface area (Å²) in [7, 11) is 1.24. The molecule has 3 rings (SSSR count). The number of carbonyl (C=O) groups is 2. The molecule has 1 amide bonds. The second kappa shape index (κ2) is 7.74. The van der Waals surface area contributed by atoms with E-state index in [-0.39, 0.29) is 6.42 Å². The summed E-state index contributed by atoms with van der Waals surface area (Å²) in [6.45, 7) is 0. The lowest BCUT2D eigenvalue weighted by Crippen LogP contribution is -2.43.